The standard InChI is InChI=1S/C14H17FN2O/c15-14-6-12(8-16)5-13(7-14)9-17-3-4-18-10-11-1-2-11/h5-7,11,17H,1-4,9-10H2. The lowest BCUT2D eigenvalue weighted by Gasteiger charge is -2.06. The van der Waals surface area contributed by atoms with Crippen molar-refractivity contribution in [2.45, 2.75) is 19.4 Å². The van der Waals surface area contributed by atoms with Gasteiger partial charge in [-0.25, -0.2) is 4.39 Å². The zero-order chi connectivity index (χ0) is 12.8. The van der Waals surface area contributed by atoms with Crippen molar-refractivity contribution >= 4 is 0 Å². The lowest BCUT2D eigenvalue weighted by atomic mass is 10.1. The Morgan fingerprint density at radius 2 is 2.22 bits per heavy atom. The Kier molecular flexibility index (Phi) is 4.68. The highest BCUT2D eigenvalue weighted by molar-refractivity contribution is 5.33. The molecular weight excluding hydrogens is 231 g/mol. The molecule has 4 heteroatoms. The van der Waals surface area contributed by atoms with Gasteiger partial charge in [0.05, 0.1) is 18.2 Å². The summed E-state index contributed by atoms with van der Waals surface area (Å²) in [5, 5.41) is 11.9. The van der Waals surface area contributed by atoms with Crippen LogP contribution in [-0.4, -0.2) is 19.8 Å². The third-order valence-corrected chi connectivity index (χ3v) is 2.89. The van der Waals surface area contributed by atoms with Crippen molar-refractivity contribution in [3.05, 3.63) is 35.1 Å². The fourth-order valence-corrected chi connectivity index (χ4v) is 1.73. The molecule has 1 saturated carbocycles. The first-order chi connectivity index (χ1) is 8.78. The van der Waals surface area contributed by atoms with Gasteiger partial charge in [0.2, 0.25) is 0 Å². The van der Waals surface area contributed by atoms with Crippen molar-refractivity contribution in [2.75, 3.05) is 19.8 Å². The first kappa shape index (κ1) is 13.0. The van der Waals surface area contributed by atoms with Crippen LogP contribution in [0, 0.1) is 23.1 Å². The van der Waals surface area contributed by atoms with Gasteiger partial charge in [-0.15, -0.1) is 0 Å². The minimum Gasteiger partial charge on any atom is -0.380 e. The fraction of sp³-hybridized carbons (Fsp3) is 0.500. The second-order valence-corrected chi connectivity index (χ2v) is 4.66. The van der Waals surface area contributed by atoms with Crippen LogP contribution in [0.1, 0.15) is 24.0 Å². The highest BCUT2D eigenvalue weighted by atomic mass is 19.1. The monoisotopic (exact) mass is 248 g/mol. The quantitative estimate of drug-likeness (QED) is 0.752. The molecule has 0 heterocycles. The molecule has 1 aromatic rings. The van der Waals surface area contributed by atoms with E-state index in [0.29, 0.717) is 18.7 Å². The summed E-state index contributed by atoms with van der Waals surface area (Å²) in [5.41, 5.74) is 1.14. The molecule has 0 amide bonds. The Morgan fingerprint density at radius 1 is 1.39 bits per heavy atom. The van der Waals surface area contributed by atoms with Crippen LogP contribution >= 0.6 is 0 Å². The van der Waals surface area contributed by atoms with Crippen molar-refractivity contribution in [3.8, 4) is 6.07 Å². The average molecular weight is 248 g/mol. The van der Waals surface area contributed by atoms with E-state index in [2.05, 4.69) is 5.32 Å². The minimum absolute atomic E-state index is 0.358. The summed E-state index contributed by atoms with van der Waals surface area (Å²) in [7, 11) is 0. The molecular formula is C14H17FN2O. The van der Waals surface area contributed by atoms with Crippen molar-refractivity contribution in [2.24, 2.45) is 5.92 Å². The minimum atomic E-state index is -0.365. The Bertz CT molecular complexity index is 438. The molecule has 0 atom stereocenters. The lowest BCUT2D eigenvalue weighted by molar-refractivity contribution is 0.126. The van der Waals surface area contributed by atoms with Crippen LogP contribution in [0.4, 0.5) is 4.39 Å². The van der Waals surface area contributed by atoms with Gasteiger partial charge >= 0.3 is 0 Å². The van der Waals surface area contributed by atoms with E-state index in [0.717, 1.165) is 24.6 Å². The Morgan fingerprint density at radius 3 is 2.94 bits per heavy atom. The summed E-state index contributed by atoms with van der Waals surface area (Å²) in [6, 6.07) is 6.32. The molecule has 0 unspecified atom stereocenters. The third kappa shape index (κ3) is 4.44. The van der Waals surface area contributed by atoms with Gasteiger partial charge in [0.25, 0.3) is 0 Å². The number of nitrogens with one attached hydrogen (secondary N) is 1. The van der Waals surface area contributed by atoms with Gasteiger partial charge in [-0.05, 0) is 42.5 Å². The van der Waals surface area contributed by atoms with Crippen LogP contribution in [-0.2, 0) is 11.3 Å². The summed E-state index contributed by atoms with van der Waals surface area (Å²) in [6.45, 7) is 2.83. The number of nitrogens with zero attached hydrogens (tertiary/aromatic N) is 1. The Labute approximate surface area is 107 Å². The van der Waals surface area contributed by atoms with Crippen LogP contribution in [0.5, 0.6) is 0 Å². The average Bonchev–Trinajstić information content (AvgIpc) is 3.17. The van der Waals surface area contributed by atoms with E-state index in [4.69, 9.17) is 10.00 Å². The van der Waals surface area contributed by atoms with E-state index in [9.17, 15) is 4.39 Å². The molecule has 1 aliphatic rings. The van der Waals surface area contributed by atoms with Gasteiger partial charge in [-0.1, -0.05) is 0 Å². The number of rotatable bonds is 7. The Balaban J connectivity index is 1.65. The van der Waals surface area contributed by atoms with Gasteiger partial charge in [-0.3, -0.25) is 0 Å². The highest BCUT2D eigenvalue weighted by Gasteiger charge is 2.20. The van der Waals surface area contributed by atoms with Crippen molar-refractivity contribution in [1.82, 2.24) is 5.32 Å². The maximum Gasteiger partial charge on any atom is 0.124 e. The molecule has 1 aliphatic carbocycles. The summed E-state index contributed by atoms with van der Waals surface area (Å²) >= 11 is 0. The van der Waals surface area contributed by atoms with Crippen LogP contribution in [0.2, 0.25) is 0 Å². The molecule has 3 nitrogen and oxygen atoms in total. The number of hydrogen-bond acceptors (Lipinski definition) is 3. The largest absolute Gasteiger partial charge is 0.380 e. The van der Waals surface area contributed by atoms with Crippen LogP contribution in [0.3, 0.4) is 0 Å². The second-order valence-electron chi connectivity index (χ2n) is 4.66. The van der Waals surface area contributed by atoms with Gasteiger partial charge in [0.15, 0.2) is 0 Å². The summed E-state index contributed by atoms with van der Waals surface area (Å²) in [4.78, 5) is 0. The molecule has 0 bridgehead atoms. The number of benzene rings is 1. The molecule has 0 aromatic heterocycles. The van der Waals surface area contributed by atoms with E-state index >= 15 is 0 Å². The summed E-state index contributed by atoms with van der Waals surface area (Å²) in [5.74, 6) is 0.419. The number of nitriles is 1. The molecule has 2 rings (SSSR count). The molecule has 1 N–H and O–H groups in total. The van der Waals surface area contributed by atoms with Crippen LogP contribution < -0.4 is 5.32 Å². The molecule has 1 aromatic carbocycles. The van der Waals surface area contributed by atoms with E-state index in [1.165, 1.54) is 25.0 Å². The van der Waals surface area contributed by atoms with Gasteiger partial charge in [0, 0.05) is 19.7 Å². The zero-order valence-electron chi connectivity index (χ0n) is 10.3. The molecule has 0 spiro atoms. The van der Waals surface area contributed by atoms with Crippen molar-refractivity contribution in [3.63, 3.8) is 0 Å². The predicted molar refractivity (Wildman–Crippen MR) is 66.4 cm³/mol. The van der Waals surface area contributed by atoms with Gasteiger partial charge in [-0.2, -0.15) is 5.26 Å². The van der Waals surface area contributed by atoms with Gasteiger partial charge < -0.3 is 10.1 Å². The first-order valence-electron chi connectivity index (χ1n) is 6.26. The molecule has 18 heavy (non-hydrogen) atoms. The number of hydrogen-bond donors (Lipinski definition) is 1. The summed E-state index contributed by atoms with van der Waals surface area (Å²) < 4.78 is 18.6. The zero-order valence-corrected chi connectivity index (χ0v) is 10.3. The highest BCUT2D eigenvalue weighted by Crippen LogP contribution is 2.28. The van der Waals surface area contributed by atoms with E-state index in [1.807, 2.05) is 6.07 Å². The van der Waals surface area contributed by atoms with E-state index in [-0.39, 0.29) is 5.82 Å². The summed E-state index contributed by atoms with van der Waals surface area (Å²) in [6.07, 6.45) is 2.60. The number of ether oxygens (including phenoxy) is 1. The van der Waals surface area contributed by atoms with Crippen LogP contribution in [0.25, 0.3) is 0 Å². The molecule has 96 valence electrons. The van der Waals surface area contributed by atoms with Crippen LogP contribution in [0.15, 0.2) is 18.2 Å². The smallest absolute Gasteiger partial charge is 0.124 e. The fourth-order valence-electron chi connectivity index (χ4n) is 1.73. The predicted octanol–water partition coefficient (Wildman–Crippen LogP) is 2.21. The molecule has 1 fully saturated rings. The first-order valence-corrected chi connectivity index (χ1v) is 6.26. The SMILES string of the molecule is N#Cc1cc(F)cc(CNCCOCC2CC2)c1. The number of halogens is 1. The maximum absolute atomic E-state index is 13.1. The van der Waals surface area contributed by atoms with Crippen molar-refractivity contribution in [1.29, 1.82) is 5.26 Å². The molecule has 0 radical (unpaired) electrons. The lowest BCUT2D eigenvalue weighted by Crippen LogP contribution is -2.19. The van der Waals surface area contributed by atoms with E-state index in [1.54, 1.807) is 6.07 Å². The van der Waals surface area contributed by atoms with Gasteiger partial charge in [0.1, 0.15) is 5.82 Å². The Hall–Kier alpha value is -1.44. The maximum atomic E-state index is 13.1. The normalized spacial score (nSPS) is 14.4. The second kappa shape index (κ2) is 6.48. The third-order valence-electron chi connectivity index (χ3n) is 2.89. The van der Waals surface area contributed by atoms with E-state index < -0.39 is 0 Å². The topological polar surface area (TPSA) is 45.0 Å². The van der Waals surface area contributed by atoms with Crippen molar-refractivity contribution < 1.29 is 9.13 Å². The molecule has 0 saturated heterocycles. The molecule has 0 aliphatic heterocycles.